The summed E-state index contributed by atoms with van der Waals surface area (Å²) in [6.07, 6.45) is 1.05. The number of nitrogen functional groups attached to an aromatic ring is 1. The Kier molecular flexibility index (Phi) is 4.57. The fourth-order valence-corrected chi connectivity index (χ4v) is 1.61. The molecule has 0 amide bonds. The highest BCUT2D eigenvalue weighted by Gasteiger charge is 2.09. The zero-order chi connectivity index (χ0) is 11.3. The number of rotatable bonds is 5. The van der Waals surface area contributed by atoms with E-state index < -0.39 is 0 Å². The fourth-order valence-electron chi connectivity index (χ4n) is 0.810. The topological polar surface area (TPSA) is 86.0 Å². The van der Waals surface area contributed by atoms with Crippen LogP contribution in [0.15, 0.2) is 5.16 Å². The van der Waals surface area contributed by atoms with Gasteiger partial charge in [0.05, 0.1) is 7.11 Å². The van der Waals surface area contributed by atoms with Crippen molar-refractivity contribution in [1.29, 1.82) is 0 Å². The third-order valence-electron chi connectivity index (χ3n) is 1.79. The van der Waals surface area contributed by atoms with Crippen molar-refractivity contribution in [1.82, 2.24) is 15.0 Å². The van der Waals surface area contributed by atoms with Gasteiger partial charge in [0.15, 0.2) is 5.16 Å². The molecule has 0 saturated heterocycles. The predicted molar refractivity (Wildman–Crippen MR) is 59.8 cm³/mol. The van der Waals surface area contributed by atoms with E-state index in [0.29, 0.717) is 16.4 Å². The van der Waals surface area contributed by atoms with E-state index >= 15 is 0 Å². The molecule has 84 valence electrons. The van der Waals surface area contributed by atoms with Crippen molar-refractivity contribution in [2.24, 2.45) is 5.84 Å². The highest BCUT2D eigenvalue weighted by atomic mass is 32.2. The Morgan fingerprint density at radius 3 is 2.73 bits per heavy atom. The molecular formula is C8H15N5OS. The molecule has 1 atom stereocenters. The third kappa shape index (κ3) is 3.52. The van der Waals surface area contributed by atoms with Gasteiger partial charge in [0.2, 0.25) is 5.95 Å². The first-order valence-corrected chi connectivity index (χ1v) is 5.50. The average molecular weight is 229 g/mol. The Balaban J connectivity index is 2.86. The molecule has 0 aromatic carbocycles. The lowest BCUT2D eigenvalue weighted by Crippen LogP contribution is -2.12. The van der Waals surface area contributed by atoms with E-state index in [-0.39, 0.29) is 6.01 Å². The largest absolute Gasteiger partial charge is 0.467 e. The first kappa shape index (κ1) is 12.0. The molecule has 1 aromatic rings. The van der Waals surface area contributed by atoms with Crippen LogP contribution in [-0.4, -0.2) is 27.3 Å². The molecule has 0 bridgehead atoms. The molecule has 15 heavy (non-hydrogen) atoms. The summed E-state index contributed by atoms with van der Waals surface area (Å²) < 4.78 is 4.94. The van der Waals surface area contributed by atoms with Crippen LogP contribution < -0.4 is 16.0 Å². The van der Waals surface area contributed by atoms with Gasteiger partial charge in [-0.3, -0.25) is 5.43 Å². The van der Waals surface area contributed by atoms with Crippen LogP contribution in [0.5, 0.6) is 6.01 Å². The summed E-state index contributed by atoms with van der Waals surface area (Å²) in [5.41, 5.74) is 2.38. The summed E-state index contributed by atoms with van der Waals surface area (Å²) in [6, 6.07) is 0.267. The second-order valence-electron chi connectivity index (χ2n) is 2.91. The molecule has 0 aliphatic carbocycles. The highest BCUT2D eigenvalue weighted by Crippen LogP contribution is 2.23. The molecule has 3 N–H and O–H groups in total. The minimum atomic E-state index is 0.267. The number of aromatic nitrogens is 3. The third-order valence-corrected chi connectivity index (χ3v) is 2.92. The number of hydrogen-bond donors (Lipinski definition) is 2. The lowest BCUT2D eigenvalue weighted by atomic mass is 10.4. The van der Waals surface area contributed by atoms with Crippen molar-refractivity contribution < 1.29 is 4.74 Å². The van der Waals surface area contributed by atoms with E-state index in [4.69, 9.17) is 10.6 Å². The van der Waals surface area contributed by atoms with Crippen molar-refractivity contribution in [2.75, 3.05) is 12.5 Å². The summed E-state index contributed by atoms with van der Waals surface area (Å²) >= 11 is 1.56. The number of hydrazine groups is 1. The first-order valence-electron chi connectivity index (χ1n) is 4.63. The van der Waals surface area contributed by atoms with Crippen molar-refractivity contribution in [2.45, 2.75) is 30.7 Å². The molecule has 1 rings (SSSR count). The number of nitrogens with one attached hydrogen (secondary N) is 1. The van der Waals surface area contributed by atoms with Gasteiger partial charge >= 0.3 is 6.01 Å². The molecule has 0 radical (unpaired) electrons. The van der Waals surface area contributed by atoms with Gasteiger partial charge in [0.1, 0.15) is 0 Å². The number of anilines is 1. The number of ether oxygens (including phenoxy) is 1. The summed E-state index contributed by atoms with van der Waals surface area (Å²) in [5.74, 6) is 5.55. The van der Waals surface area contributed by atoms with E-state index in [1.54, 1.807) is 11.8 Å². The van der Waals surface area contributed by atoms with Crippen molar-refractivity contribution in [3.63, 3.8) is 0 Å². The van der Waals surface area contributed by atoms with Crippen molar-refractivity contribution >= 4 is 17.7 Å². The first-order chi connectivity index (χ1) is 7.19. The lowest BCUT2D eigenvalue weighted by molar-refractivity contribution is 0.373. The van der Waals surface area contributed by atoms with E-state index in [0.717, 1.165) is 6.42 Å². The van der Waals surface area contributed by atoms with E-state index in [1.807, 2.05) is 0 Å². The lowest BCUT2D eigenvalue weighted by Gasteiger charge is -2.08. The van der Waals surface area contributed by atoms with E-state index in [2.05, 4.69) is 34.2 Å². The van der Waals surface area contributed by atoms with Crippen LogP contribution in [0.3, 0.4) is 0 Å². The van der Waals surface area contributed by atoms with Crippen LogP contribution in [-0.2, 0) is 0 Å². The normalized spacial score (nSPS) is 12.3. The SMILES string of the molecule is CCC(C)Sc1nc(NN)nc(OC)n1. The second-order valence-corrected chi connectivity index (χ2v) is 4.31. The molecule has 7 heteroatoms. The van der Waals surface area contributed by atoms with E-state index in [9.17, 15) is 0 Å². The number of methoxy groups -OCH3 is 1. The maximum absolute atomic E-state index is 5.24. The Hall–Kier alpha value is -1.08. The van der Waals surface area contributed by atoms with Crippen LogP contribution in [0.4, 0.5) is 5.95 Å². The van der Waals surface area contributed by atoms with Crippen LogP contribution >= 0.6 is 11.8 Å². The Labute approximate surface area is 93.0 Å². The molecule has 1 heterocycles. The average Bonchev–Trinajstić information content (AvgIpc) is 2.28. The molecule has 0 saturated carbocycles. The second kappa shape index (κ2) is 5.72. The van der Waals surface area contributed by atoms with E-state index in [1.165, 1.54) is 7.11 Å². The molecular weight excluding hydrogens is 214 g/mol. The molecule has 1 unspecified atom stereocenters. The van der Waals surface area contributed by atoms with Gasteiger partial charge in [-0.05, 0) is 6.42 Å². The summed E-state index contributed by atoms with van der Waals surface area (Å²) in [5, 5.41) is 1.06. The van der Waals surface area contributed by atoms with Gasteiger partial charge < -0.3 is 4.74 Å². The number of hydrogen-bond acceptors (Lipinski definition) is 7. The highest BCUT2D eigenvalue weighted by molar-refractivity contribution is 7.99. The van der Waals surface area contributed by atoms with Gasteiger partial charge in [-0.2, -0.15) is 15.0 Å². The summed E-state index contributed by atoms with van der Waals surface area (Å²) in [7, 11) is 1.51. The standard InChI is InChI=1S/C8H15N5OS/c1-4-5(2)15-8-11-6(13-9)10-7(12-8)14-3/h5H,4,9H2,1-3H3,(H,10,11,12,13). The van der Waals surface area contributed by atoms with Crippen molar-refractivity contribution in [3.05, 3.63) is 0 Å². The monoisotopic (exact) mass is 229 g/mol. The van der Waals surface area contributed by atoms with Gasteiger partial charge in [-0.25, -0.2) is 5.84 Å². The Bertz CT molecular complexity index is 300. The Morgan fingerprint density at radius 2 is 2.20 bits per heavy atom. The molecule has 6 nitrogen and oxygen atoms in total. The molecule has 0 fully saturated rings. The molecule has 1 aromatic heterocycles. The molecule has 0 aliphatic heterocycles. The summed E-state index contributed by atoms with van der Waals surface area (Å²) in [4.78, 5) is 12.1. The maximum Gasteiger partial charge on any atom is 0.321 e. The van der Waals surface area contributed by atoms with Crippen LogP contribution in [0.25, 0.3) is 0 Å². The summed E-state index contributed by atoms with van der Waals surface area (Å²) in [6.45, 7) is 4.22. The van der Waals surface area contributed by atoms with Crippen LogP contribution in [0.1, 0.15) is 20.3 Å². The van der Waals surface area contributed by atoms with Crippen LogP contribution in [0, 0.1) is 0 Å². The van der Waals surface area contributed by atoms with Gasteiger partial charge in [-0.1, -0.05) is 25.6 Å². The molecule has 0 spiro atoms. The van der Waals surface area contributed by atoms with Gasteiger partial charge in [0, 0.05) is 5.25 Å². The zero-order valence-electron chi connectivity index (χ0n) is 9.02. The van der Waals surface area contributed by atoms with Gasteiger partial charge in [-0.15, -0.1) is 0 Å². The fraction of sp³-hybridized carbons (Fsp3) is 0.625. The minimum Gasteiger partial charge on any atom is -0.467 e. The molecule has 0 aliphatic rings. The Morgan fingerprint density at radius 1 is 1.47 bits per heavy atom. The number of thioether (sulfide) groups is 1. The quantitative estimate of drug-likeness (QED) is 0.443. The van der Waals surface area contributed by atoms with Gasteiger partial charge in [0.25, 0.3) is 0 Å². The van der Waals surface area contributed by atoms with Crippen LogP contribution in [0.2, 0.25) is 0 Å². The maximum atomic E-state index is 5.24. The number of nitrogens with two attached hydrogens (primary N) is 1. The zero-order valence-corrected chi connectivity index (χ0v) is 9.84. The minimum absolute atomic E-state index is 0.267. The predicted octanol–water partition coefficient (Wildman–Crippen LogP) is 1.06. The van der Waals surface area contributed by atoms with Crippen molar-refractivity contribution in [3.8, 4) is 6.01 Å². The smallest absolute Gasteiger partial charge is 0.321 e. The number of nitrogens with zero attached hydrogens (tertiary/aromatic N) is 3.